The largest absolute Gasteiger partial charge is 0.395 e. The molecule has 2 heterocycles. The highest BCUT2D eigenvalue weighted by Gasteiger charge is 2.24. The Kier molecular flexibility index (Phi) is 5.21. The number of aliphatic hydroxyl groups is 1. The van der Waals surface area contributed by atoms with E-state index in [9.17, 15) is 4.79 Å². The summed E-state index contributed by atoms with van der Waals surface area (Å²) in [5, 5.41) is 14.9. The molecule has 1 amide bonds. The van der Waals surface area contributed by atoms with E-state index in [0.717, 1.165) is 24.9 Å². The second kappa shape index (κ2) is 6.70. The van der Waals surface area contributed by atoms with E-state index in [1.807, 2.05) is 12.3 Å². The fraction of sp³-hybridized carbons (Fsp3) is 0.615. The first-order valence-corrected chi connectivity index (χ1v) is 7.76. The molecule has 1 aliphatic rings. The summed E-state index contributed by atoms with van der Waals surface area (Å²) in [4.78, 5) is 14.7. The normalized spacial score (nSPS) is 18.8. The number of amides is 1. The minimum atomic E-state index is -0.0779. The lowest BCUT2D eigenvalue weighted by atomic mass is 10.2. The van der Waals surface area contributed by atoms with Gasteiger partial charge in [0.2, 0.25) is 0 Å². The Morgan fingerprint density at radius 1 is 1.68 bits per heavy atom. The fourth-order valence-electron chi connectivity index (χ4n) is 2.29. The van der Waals surface area contributed by atoms with E-state index < -0.39 is 0 Å². The lowest BCUT2D eigenvalue weighted by Crippen LogP contribution is -2.42. The average Bonchev–Trinajstić information content (AvgIpc) is 3.00. The van der Waals surface area contributed by atoms with Crippen LogP contribution in [0.3, 0.4) is 0 Å². The van der Waals surface area contributed by atoms with E-state index in [0.29, 0.717) is 29.0 Å². The summed E-state index contributed by atoms with van der Waals surface area (Å²) in [6.07, 6.45) is 2.22. The Hall–Kier alpha value is -0.620. The average molecular weight is 303 g/mol. The zero-order valence-electron chi connectivity index (χ0n) is 11.0. The molecule has 106 valence electrons. The van der Waals surface area contributed by atoms with E-state index in [4.69, 9.17) is 16.7 Å². The van der Waals surface area contributed by atoms with Crippen LogP contribution in [0.25, 0.3) is 0 Å². The van der Waals surface area contributed by atoms with Gasteiger partial charge in [0.15, 0.2) is 0 Å². The zero-order valence-corrected chi connectivity index (χ0v) is 12.6. The van der Waals surface area contributed by atoms with E-state index in [-0.39, 0.29) is 12.5 Å². The number of carbonyl (C=O) groups is 1. The highest BCUT2D eigenvalue weighted by molar-refractivity contribution is 7.13. The number of hydrogen-bond acceptors (Lipinski definition) is 4. The maximum absolute atomic E-state index is 12.5. The first kappa shape index (κ1) is 14.8. The maximum atomic E-state index is 12.5. The van der Waals surface area contributed by atoms with Crippen molar-refractivity contribution in [2.24, 2.45) is 0 Å². The van der Waals surface area contributed by atoms with Gasteiger partial charge in [-0.25, -0.2) is 0 Å². The predicted molar refractivity (Wildman–Crippen MR) is 78.1 cm³/mol. The Balaban J connectivity index is 2.09. The number of thiophene rings is 1. The second-order valence-electron chi connectivity index (χ2n) is 4.83. The van der Waals surface area contributed by atoms with Gasteiger partial charge in [-0.05, 0) is 37.3 Å². The molecule has 0 radical (unpaired) electrons. The topological polar surface area (TPSA) is 52.6 Å². The van der Waals surface area contributed by atoms with E-state index >= 15 is 0 Å². The summed E-state index contributed by atoms with van der Waals surface area (Å²) in [5.41, 5.74) is 0.929. The first-order valence-electron chi connectivity index (χ1n) is 6.50. The fourth-order valence-corrected chi connectivity index (χ4v) is 3.53. The Bertz CT molecular complexity index is 444. The van der Waals surface area contributed by atoms with Crippen molar-refractivity contribution in [1.29, 1.82) is 0 Å². The molecule has 2 N–H and O–H groups in total. The van der Waals surface area contributed by atoms with Gasteiger partial charge in [-0.15, -0.1) is 11.3 Å². The second-order valence-corrected chi connectivity index (χ2v) is 6.09. The number of nitrogens with one attached hydrogen (secondary N) is 1. The summed E-state index contributed by atoms with van der Waals surface area (Å²) < 4.78 is 0. The molecule has 0 bridgehead atoms. The Morgan fingerprint density at radius 3 is 3.00 bits per heavy atom. The van der Waals surface area contributed by atoms with Crippen molar-refractivity contribution in [3.63, 3.8) is 0 Å². The van der Waals surface area contributed by atoms with Crippen LogP contribution in [0.5, 0.6) is 0 Å². The smallest absolute Gasteiger partial charge is 0.265 e. The molecule has 1 fully saturated rings. The number of rotatable bonds is 5. The molecule has 1 aromatic heterocycles. The van der Waals surface area contributed by atoms with Crippen LogP contribution in [0.1, 0.15) is 28.1 Å². The molecule has 1 saturated heterocycles. The standard InChI is InChI=1S/C13H19ClN2O2S/c1-9-8-19-12(11(9)14)13(18)16(5-6-17)7-10-3-2-4-15-10/h8,10,15,17H,2-7H2,1H3. The minimum Gasteiger partial charge on any atom is -0.395 e. The summed E-state index contributed by atoms with van der Waals surface area (Å²) in [5.74, 6) is -0.0779. The van der Waals surface area contributed by atoms with Crippen molar-refractivity contribution in [2.45, 2.75) is 25.8 Å². The van der Waals surface area contributed by atoms with E-state index in [2.05, 4.69) is 5.32 Å². The monoisotopic (exact) mass is 302 g/mol. The lowest BCUT2D eigenvalue weighted by Gasteiger charge is -2.24. The third kappa shape index (κ3) is 3.48. The van der Waals surface area contributed by atoms with Gasteiger partial charge in [-0.2, -0.15) is 0 Å². The maximum Gasteiger partial charge on any atom is 0.265 e. The third-order valence-corrected chi connectivity index (χ3v) is 5.04. The zero-order chi connectivity index (χ0) is 13.8. The number of hydrogen-bond donors (Lipinski definition) is 2. The molecular formula is C13H19ClN2O2S. The molecule has 19 heavy (non-hydrogen) atoms. The van der Waals surface area contributed by atoms with Crippen molar-refractivity contribution < 1.29 is 9.90 Å². The molecule has 0 aromatic carbocycles. The number of aliphatic hydroxyl groups excluding tert-OH is 1. The molecule has 1 aromatic rings. The molecule has 0 spiro atoms. The highest BCUT2D eigenvalue weighted by Crippen LogP contribution is 2.28. The van der Waals surface area contributed by atoms with Crippen LogP contribution in [0.15, 0.2) is 5.38 Å². The molecule has 2 rings (SSSR count). The molecular weight excluding hydrogens is 284 g/mol. The van der Waals surface area contributed by atoms with Gasteiger partial charge in [-0.1, -0.05) is 11.6 Å². The van der Waals surface area contributed by atoms with Gasteiger partial charge in [0.05, 0.1) is 11.6 Å². The van der Waals surface area contributed by atoms with Crippen LogP contribution in [0, 0.1) is 6.92 Å². The molecule has 4 nitrogen and oxygen atoms in total. The number of halogens is 1. The number of aryl methyl sites for hydroxylation is 1. The van der Waals surface area contributed by atoms with Crippen LogP contribution in [0.2, 0.25) is 5.02 Å². The van der Waals surface area contributed by atoms with Crippen LogP contribution < -0.4 is 5.32 Å². The van der Waals surface area contributed by atoms with Crippen LogP contribution in [-0.4, -0.2) is 48.2 Å². The Labute approximate surface area is 122 Å². The highest BCUT2D eigenvalue weighted by atomic mass is 35.5. The van der Waals surface area contributed by atoms with E-state index in [1.54, 1.807) is 4.90 Å². The number of carbonyl (C=O) groups excluding carboxylic acids is 1. The number of nitrogens with zero attached hydrogens (tertiary/aromatic N) is 1. The summed E-state index contributed by atoms with van der Waals surface area (Å²) in [6, 6.07) is 0.329. The van der Waals surface area contributed by atoms with Gasteiger partial charge in [0.25, 0.3) is 5.91 Å². The predicted octanol–water partition coefficient (Wildman–Crippen LogP) is 1.90. The quantitative estimate of drug-likeness (QED) is 0.873. The van der Waals surface area contributed by atoms with Crippen molar-refractivity contribution >= 4 is 28.8 Å². The van der Waals surface area contributed by atoms with Crippen LogP contribution >= 0.6 is 22.9 Å². The molecule has 0 aliphatic carbocycles. The summed E-state index contributed by atoms with van der Waals surface area (Å²) in [6.45, 7) is 3.85. The summed E-state index contributed by atoms with van der Waals surface area (Å²) in [7, 11) is 0. The molecule has 6 heteroatoms. The first-order chi connectivity index (χ1) is 9.13. The van der Waals surface area contributed by atoms with Gasteiger partial charge >= 0.3 is 0 Å². The minimum absolute atomic E-state index is 0.0273. The van der Waals surface area contributed by atoms with Crippen LogP contribution in [-0.2, 0) is 0 Å². The van der Waals surface area contributed by atoms with Crippen LogP contribution in [0.4, 0.5) is 0 Å². The molecule has 1 atom stereocenters. The summed E-state index contributed by atoms with van der Waals surface area (Å²) >= 11 is 7.52. The van der Waals surface area contributed by atoms with Crippen molar-refractivity contribution in [1.82, 2.24) is 10.2 Å². The van der Waals surface area contributed by atoms with Crippen molar-refractivity contribution in [3.8, 4) is 0 Å². The molecule has 0 saturated carbocycles. The van der Waals surface area contributed by atoms with Gasteiger partial charge < -0.3 is 15.3 Å². The van der Waals surface area contributed by atoms with Gasteiger partial charge in [-0.3, -0.25) is 4.79 Å². The molecule has 1 unspecified atom stereocenters. The SMILES string of the molecule is Cc1csc(C(=O)N(CCO)CC2CCCN2)c1Cl. The Morgan fingerprint density at radius 2 is 2.47 bits per heavy atom. The van der Waals surface area contributed by atoms with Crippen molar-refractivity contribution in [3.05, 3.63) is 20.8 Å². The van der Waals surface area contributed by atoms with Gasteiger partial charge in [0.1, 0.15) is 4.88 Å². The van der Waals surface area contributed by atoms with E-state index in [1.165, 1.54) is 11.3 Å². The third-order valence-electron chi connectivity index (χ3n) is 3.35. The lowest BCUT2D eigenvalue weighted by molar-refractivity contribution is 0.0711. The molecule has 1 aliphatic heterocycles. The van der Waals surface area contributed by atoms with Gasteiger partial charge in [0, 0.05) is 19.1 Å². The van der Waals surface area contributed by atoms with Crippen molar-refractivity contribution in [2.75, 3.05) is 26.2 Å².